The Kier molecular flexibility index (Phi) is 4.85. The lowest BCUT2D eigenvalue weighted by Gasteiger charge is -2.10. The Balaban J connectivity index is 1.57. The van der Waals surface area contributed by atoms with Crippen LogP contribution in [0.15, 0.2) is 53.8 Å². The molecule has 5 aromatic rings. The van der Waals surface area contributed by atoms with E-state index in [9.17, 15) is 8.42 Å². The van der Waals surface area contributed by atoms with Crippen molar-refractivity contribution in [1.82, 2.24) is 29.9 Å². The summed E-state index contributed by atoms with van der Waals surface area (Å²) in [6.45, 7) is 1.57. The van der Waals surface area contributed by atoms with Gasteiger partial charge in [0.15, 0.2) is 21.5 Å². The molecule has 3 heterocycles. The van der Waals surface area contributed by atoms with Crippen LogP contribution in [0.1, 0.15) is 11.3 Å². The van der Waals surface area contributed by atoms with Crippen molar-refractivity contribution in [2.24, 2.45) is 7.05 Å². The molecule has 0 aliphatic rings. The Morgan fingerprint density at radius 3 is 2.58 bits per heavy atom. The van der Waals surface area contributed by atoms with Gasteiger partial charge in [0.25, 0.3) is 0 Å². The predicted octanol–water partition coefficient (Wildman–Crippen LogP) is 3.91. The maximum absolute atomic E-state index is 15.4. The summed E-state index contributed by atoms with van der Waals surface area (Å²) >= 11 is 0. The van der Waals surface area contributed by atoms with E-state index in [4.69, 9.17) is 0 Å². The highest BCUT2D eigenvalue weighted by molar-refractivity contribution is 7.90. The second-order valence-corrected chi connectivity index (χ2v) is 9.61. The zero-order valence-corrected chi connectivity index (χ0v) is 18.4. The number of fused-ring (bicyclic) bond motifs is 1. The molecule has 0 radical (unpaired) electrons. The third kappa shape index (κ3) is 3.50. The maximum Gasteiger partial charge on any atom is 0.185 e. The lowest BCUT2D eigenvalue weighted by Crippen LogP contribution is -2.08. The molecule has 8 nitrogen and oxygen atoms in total. The predicted molar refractivity (Wildman–Crippen MR) is 118 cm³/mol. The molecule has 5 rings (SSSR count). The van der Waals surface area contributed by atoms with Crippen LogP contribution in [-0.2, 0) is 22.6 Å². The van der Waals surface area contributed by atoms with Crippen LogP contribution in [0.2, 0.25) is 0 Å². The molecule has 2 aromatic carbocycles. The average Bonchev–Trinajstić information content (AvgIpc) is 3.50. The molecule has 2 N–H and O–H groups in total. The highest BCUT2D eigenvalue weighted by Gasteiger charge is 2.24. The summed E-state index contributed by atoms with van der Waals surface area (Å²) < 4.78 is 57.9. The number of halogens is 2. The minimum absolute atomic E-state index is 0.0192. The molecule has 3 aromatic heterocycles. The van der Waals surface area contributed by atoms with Crippen molar-refractivity contribution in [3.05, 3.63) is 71.8 Å². The average molecular weight is 468 g/mol. The first kappa shape index (κ1) is 21.0. The molecule has 0 aliphatic carbocycles. The fraction of sp³-hybridized carbons (Fsp3) is 0.136. The molecule has 0 saturated carbocycles. The van der Waals surface area contributed by atoms with Crippen LogP contribution in [0.3, 0.4) is 0 Å². The SMILES string of the molecule is Cc1nn(C)cc1S(=O)(=O)Cc1cccc(-c2ccc3c(-c4ncc[nH]4)[nH]nc3c2F)c1F. The smallest absolute Gasteiger partial charge is 0.185 e. The molecule has 0 bridgehead atoms. The molecule has 168 valence electrons. The van der Waals surface area contributed by atoms with E-state index < -0.39 is 27.2 Å². The fourth-order valence-corrected chi connectivity index (χ4v) is 5.50. The van der Waals surface area contributed by atoms with Crippen molar-refractivity contribution in [2.45, 2.75) is 17.6 Å². The van der Waals surface area contributed by atoms with Crippen molar-refractivity contribution >= 4 is 20.7 Å². The second kappa shape index (κ2) is 7.62. The Morgan fingerprint density at radius 2 is 1.88 bits per heavy atom. The number of benzene rings is 2. The summed E-state index contributed by atoms with van der Waals surface area (Å²) in [6, 6.07) is 7.35. The summed E-state index contributed by atoms with van der Waals surface area (Å²) in [6.07, 6.45) is 4.58. The fourth-order valence-electron chi connectivity index (χ4n) is 3.90. The van der Waals surface area contributed by atoms with Gasteiger partial charge in [0.2, 0.25) is 0 Å². The van der Waals surface area contributed by atoms with Crippen LogP contribution < -0.4 is 0 Å². The summed E-state index contributed by atoms with van der Waals surface area (Å²) in [4.78, 5) is 7.10. The van der Waals surface area contributed by atoms with Crippen molar-refractivity contribution in [2.75, 3.05) is 0 Å². The Bertz CT molecular complexity index is 1600. The monoisotopic (exact) mass is 468 g/mol. The second-order valence-electron chi connectivity index (χ2n) is 7.65. The Morgan fingerprint density at radius 1 is 1.09 bits per heavy atom. The van der Waals surface area contributed by atoms with Gasteiger partial charge in [-0.1, -0.05) is 24.3 Å². The van der Waals surface area contributed by atoms with Gasteiger partial charge in [-0.15, -0.1) is 0 Å². The highest BCUT2D eigenvalue weighted by atomic mass is 32.2. The first-order valence-electron chi connectivity index (χ1n) is 9.93. The van der Waals surface area contributed by atoms with E-state index in [2.05, 4.69) is 25.3 Å². The van der Waals surface area contributed by atoms with E-state index in [1.54, 1.807) is 32.4 Å². The van der Waals surface area contributed by atoms with Crippen LogP contribution in [0.25, 0.3) is 33.5 Å². The van der Waals surface area contributed by atoms with Crippen molar-refractivity contribution in [1.29, 1.82) is 0 Å². The molecular formula is C22H18F2N6O2S. The van der Waals surface area contributed by atoms with Gasteiger partial charge in [-0.3, -0.25) is 9.78 Å². The lowest BCUT2D eigenvalue weighted by atomic mass is 10.00. The van der Waals surface area contributed by atoms with Crippen LogP contribution >= 0.6 is 0 Å². The highest BCUT2D eigenvalue weighted by Crippen LogP contribution is 2.34. The number of H-pyrrole nitrogens is 2. The van der Waals surface area contributed by atoms with Gasteiger partial charge in [0.05, 0.1) is 11.4 Å². The lowest BCUT2D eigenvalue weighted by molar-refractivity contribution is 0.586. The normalized spacial score (nSPS) is 12.0. The topological polar surface area (TPSA) is 109 Å². The van der Waals surface area contributed by atoms with E-state index in [-0.39, 0.29) is 27.1 Å². The Labute approximate surface area is 187 Å². The number of aromatic nitrogens is 6. The zero-order valence-electron chi connectivity index (χ0n) is 17.6. The van der Waals surface area contributed by atoms with E-state index in [0.717, 1.165) is 0 Å². The van der Waals surface area contributed by atoms with E-state index in [1.165, 1.54) is 35.1 Å². The number of hydrogen-bond acceptors (Lipinski definition) is 5. The van der Waals surface area contributed by atoms with Gasteiger partial charge >= 0.3 is 0 Å². The largest absolute Gasteiger partial charge is 0.343 e. The summed E-state index contributed by atoms with van der Waals surface area (Å²) in [5.74, 6) is -1.60. The molecule has 0 amide bonds. The van der Waals surface area contributed by atoms with E-state index >= 15 is 8.78 Å². The molecule has 0 aliphatic heterocycles. The molecular weight excluding hydrogens is 450 g/mol. The van der Waals surface area contributed by atoms with Gasteiger partial charge in [-0.05, 0) is 13.0 Å². The van der Waals surface area contributed by atoms with Gasteiger partial charge in [0, 0.05) is 47.7 Å². The summed E-state index contributed by atoms with van der Waals surface area (Å²) in [5.41, 5.74) is 0.738. The van der Waals surface area contributed by atoms with Gasteiger partial charge in [-0.25, -0.2) is 22.2 Å². The number of nitrogens with zero attached hydrogens (tertiary/aromatic N) is 4. The molecule has 11 heteroatoms. The molecule has 0 fully saturated rings. The number of hydrogen-bond donors (Lipinski definition) is 2. The maximum atomic E-state index is 15.4. The molecule has 0 saturated heterocycles. The number of imidazole rings is 1. The first-order chi connectivity index (χ1) is 15.8. The van der Waals surface area contributed by atoms with Gasteiger partial charge in [-0.2, -0.15) is 10.2 Å². The molecule has 0 atom stereocenters. The standard InChI is InChI=1S/C22H18F2N6O2S/c1-12-17(10-30(2)29-12)33(31,32)11-13-4-3-5-14(18(13)23)15-6-7-16-20(19(15)24)27-28-21(16)22-25-8-9-26-22/h3-10H,11H2,1-2H3,(H,25,26)(H,27,28). The van der Waals surface area contributed by atoms with Crippen LogP contribution in [0.5, 0.6) is 0 Å². The van der Waals surface area contributed by atoms with Crippen molar-refractivity contribution < 1.29 is 17.2 Å². The minimum Gasteiger partial charge on any atom is -0.343 e. The van der Waals surface area contributed by atoms with Gasteiger partial charge in [0.1, 0.15) is 21.9 Å². The van der Waals surface area contributed by atoms with Crippen LogP contribution in [0.4, 0.5) is 8.78 Å². The molecule has 33 heavy (non-hydrogen) atoms. The van der Waals surface area contributed by atoms with Crippen LogP contribution in [0, 0.1) is 18.6 Å². The number of aromatic amines is 2. The minimum atomic E-state index is -3.86. The summed E-state index contributed by atoms with van der Waals surface area (Å²) in [5, 5.41) is 11.3. The number of rotatable bonds is 5. The molecule has 0 spiro atoms. The van der Waals surface area contributed by atoms with E-state index in [1.807, 2.05) is 0 Å². The van der Waals surface area contributed by atoms with Crippen molar-refractivity contribution in [3.8, 4) is 22.6 Å². The third-order valence-electron chi connectivity index (χ3n) is 5.42. The Hall–Kier alpha value is -3.86. The summed E-state index contributed by atoms with van der Waals surface area (Å²) in [7, 11) is -2.25. The quantitative estimate of drug-likeness (QED) is 0.406. The number of sulfone groups is 1. The van der Waals surface area contributed by atoms with Crippen molar-refractivity contribution in [3.63, 3.8) is 0 Å². The number of nitrogens with one attached hydrogen (secondary N) is 2. The van der Waals surface area contributed by atoms with Gasteiger partial charge < -0.3 is 4.98 Å². The number of aryl methyl sites for hydroxylation is 2. The molecule has 0 unspecified atom stereocenters. The third-order valence-corrected chi connectivity index (χ3v) is 7.18. The van der Waals surface area contributed by atoms with E-state index in [0.29, 0.717) is 22.6 Å². The first-order valence-corrected chi connectivity index (χ1v) is 11.6. The zero-order chi connectivity index (χ0) is 23.3. The van der Waals surface area contributed by atoms with Crippen LogP contribution in [-0.4, -0.2) is 38.4 Å².